The van der Waals surface area contributed by atoms with Gasteiger partial charge in [-0.2, -0.15) is 0 Å². The molecule has 1 aromatic carbocycles. The number of thioether (sulfide) groups is 1. The lowest BCUT2D eigenvalue weighted by Gasteiger charge is -2.27. The van der Waals surface area contributed by atoms with Crippen molar-refractivity contribution in [3.05, 3.63) is 53.5 Å². The highest BCUT2D eigenvalue weighted by Crippen LogP contribution is 2.31. The van der Waals surface area contributed by atoms with Crippen molar-refractivity contribution in [2.75, 3.05) is 0 Å². The van der Waals surface area contributed by atoms with E-state index in [1.165, 1.54) is 22.9 Å². The lowest BCUT2D eigenvalue weighted by atomic mass is 9.88. The molecule has 0 aliphatic heterocycles. The van der Waals surface area contributed by atoms with Gasteiger partial charge in [0.1, 0.15) is 5.76 Å². The second kappa shape index (κ2) is 7.60. The van der Waals surface area contributed by atoms with Crippen molar-refractivity contribution in [3.63, 3.8) is 0 Å². The molecule has 0 radical (unpaired) electrons. The zero-order valence-corrected chi connectivity index (χ0v) is 16.1. The van der Waals surface area contributed by atoms with Crippen molar-refractivity contribution < 1.29 is 13.6 Å². The van der Waals surface area contributed by atoms with Crippen LogP contribution in [-0.2, 0) is 11.2 Å². The molecule has 6 nitrogen and oxygen atoms in total. The number of hydrogen-bond acceptors (Lipinski definition) is 6. The summed E-state index contributed by atoms with van der Waals surface area (Å²) in [6, 6.07) is 10.2. The van der Waals surface area contributed by atoms with Crippen LogP contribution in [-0.4, -0.2) is 21.4 Å². The minimum atomic E-state index is -0.335. The molecule has 7 heteroatoms. The van der Waals surface area contributed by atoms with Crippen molar-refractivity contribution in [1.82, 2.24) is 15.5 Å². The molecule has 0 saturated carbocycles. The molecule has 3 aromatic rings. The van der Waals surface area contributed by atoms with Crippen molar-refractivity contribution >= 4 is 17.7 Å². The van der Waals surface area contributed by atoms with Gasteiger partial charge in [0.15, 0.2) is 0 Å². The van der Waals surface area contributed by atoms with E-state index in [9.17, 15) is 4.79 Å². The SMILES string of the molecule is Cc1occc1-c1nnc(SC(C)C(=O)NC2CCCc3ccccc32)o1. The molecule has 0 spiro atoms. The van der Waals surface area contributed by atoms with E-state index in [0.29, 0.717) is 11.1 Å². The largest absolute Gasteiger partial charge is 0.469 e. The third-order valence-corrected chi connectivity index (χ3v) is 5.76. The van der Waals surface area contributed by atoms with Crippen LogP contribution in [0.15, 0.2) is 50.7 Å². The first kappa shape index (κ1) is 17.9. The van der Waals surface area contributed by atoms with Crippen molar-refractivity contribution in [2.45, 2.75) is 49.6 Å². The van der Waals surface area contributed by atoms with Crippen molar-refractivity contribution in [3.8, 4) is 11.5 Å². The van der Waals surface area contributed by atoms with Gasteiger partial charge in [-0.3, -0.25) is 4.79 Å². The number of fused-ring (bicyclic) bond motifs is 1. The molecule has 0 bridgehead atoms. The Bertz CT molecular complexity index is 949. The molecule has 4 rings (SSSR count). The molecular formula is C20H21N3O3S. The van der Waals surface area contributed by atoms with Crippen molar-refractivity contribution in [2.24, 2.45) is 0 Å². The number of rotatable bonds is 5. The van der Waals surface area contributed by atoms with E-state index in [0.717, 1.165) is 30.6 Å². The van der Waals surface area contributed by atoms with Crippen LogP contribution in [0.3, 0.4) is 0 Å². The number of benzene rings is 1. The second-order valence-corrected chi connectivity index (χ2v) is 7.97. The maximum Gasteiger partial charge on any atom is 0.277 e. The first-order valence-electron chi connectivity index (χ1n) is 9.04. The van der Waals surface area contributed by atoms with E-state index in [4.69, 9.17) is 8.83 Å². The Morgan fingerprint density at radius 2 is 2.15 bits per heavy atom. The summed E-state index contributed by atoms with van der Waals surface area (Å²) in [5.41, 5.74) is 3.32. The Kier molecular flexibility index (Phi) is 5.03. The number of nitrogens with one attached hydrogen (secondary N) is 1. The number of aromatic nitrogens is 2. The summed E-state index contributed by atoms with van der Waals surface area (Å²) in [4.78, 5) is 12.7. The van der Waals surface area contributed by atoms with E-state index in [1.807, 2.05) is 19.9 Å². The molecule has 1 amide bonds. The molecule has 1 N–H and O–H groups in total. The number of nitrogens with zero attached hydrogens (tertiary/aromatic N) is 2. The smallest absolute Gasteiger partial charge is 0.277 e. The van der Waals surface area contributed by atoms with Crippen LogP contribution < -0.4 is 5.32 Å². The van der Waals surface area contributed by atoms with Crippen LogP contribution in [0, 0.1) is 6.92 Å². The van der Waals surface area contributed by atoms with Gasteiger partial charge in [-0.05, 0) is 50.3 Å². The van der Waals surface area contributed by atoms with Gasteiger partial charge in [0.05, 0.1) is 23.1 Å². The molecule has 0 saturated heterocycles. The zero-order chi connectivity index (χ0) is 18.8. The minimum Gasteiger partial charge on any atom is -0.469 e. The Labute approximate surface area is 161 Å². The molecule has 2 unspecified atom stereocenters. The molecule has 27 heavy (non-hydrogen) atoms. The number of aryl methyl sites for hydroxylation is 2. The monoisotopic (exact) mass is 383 g/mol. The van der Waals surface area contributed by atoms with Crippen LogP contribution in [0.1, 0.15) is 42.7 Å². The lowest BCUT2D eigenvalue weighted by molar-refractivity contribution is -0.121. The Balaban J connectivity index is 1.41. The number of hydrogen-bond donors (Lipinski definition) is 1. The van der Waals surface area contributed by atoms with E-state index in [1.54, 1.807) is 12.3 Å². The molecule has 2 heterocycles. The third-order valence-electron chi connectivity index (χ3n) is 4.83. The first-order chi connectivity index (χ1) is 13.1. The van der Waals surface area contributed by atoms with Gasteiger partial charge in [-0.1, -0.05) is 36.0 Å². The Morgan fingerprint density at radius 3 is 2.96 bits per heavy atom. The molecule has 2 atom stereocenters. The zero-order valence-electron chi connectivity index (χ0n) is 15.3. The molecular weight excluding hydrogens is 362 g/mol. The summed E-state index contributed by atoms with van der Waals surface area (Å²) in [6.45, 7) is 3.69. The van der Waals surface area contributed by atoms with Crippen LogP contribution in [0.25, 0.3) is 11.5 Å². The van der Waals surface area contributed by atoms with Gasteiger partial charge in [-0.25, -0.2) is 0 Å². The Hall–Kier alpha value is -2.54. The van der Waals surface area contributed by atoms with Gasteiger partial charge >= 0.3 is 0 Å². The average Bonchev–Trinajstić information content (AvgIpc) is 3.30. The van der Waals surface area contributed by atoms with Crippen LogP contribution >= 0.6 is 11.8 Å². The topological polar surface area (TPSA) is 81.2 Å². The highest BCUT2D eigenvalue weighted by Gasteiger charge is 2.25. The number of carbonyl (C=O) groups is 1. The maximum atomic E-state index is 12.7. The van der Waals surface area contributed by atoms with E-state index in [-0.39, 0.29) is 17.2 Å². The number of furan rings is 1. The molecule has 140 valence electrons. The number of amides is 1. The van der Waals surface area contributed by atoms with Gasteiger partial charge in [0.2, 0.25) is 5.91 Å². The van der Waals surface area contributed by atoms with Gasteiger partial charge in [-0.15, -0.1) is 10.2 Å². The highest BCUT2D eigenvalue weighted by atomic mass is 32.2. The van der Waals surface area contributed by atoms with Gasteiger partial charge in [0.25, 0.3) is 11.1 Å². The normalized spacial score (nSPS) is 17.3. The predicted octanol–water partition coefficient (Wildman–Crippen LogP) is 4.31. The standard InChI is InChI=1S/C20H21N3O3S/c1-12-15(10-11-25-12)19-22-23-20(26-19)27-13(2)18(24)21-17-9-5-7-14-6-3-4-8-16(14)17/h3-4,6,8,10-11,13,17H,5,7,9H2,1-2H3,(H,21,24). The quantitative estimate of drug-likeness (QED) is 0.661. The fourth-order valence-electron chi connectivity index (χ4n) is 3.37. The second-order valence-electron chi connectivity index (χ2n) is 6.68. The average molecular weight is 383 g/mol. The minimum absolute atomic E-state index is 0.0269. The number of carbonyl (C=O) groups excluding carboxylic acids is 1. The van der Waals surface area contributed by atoms with Crippen LogP contribution in [0.4, 0.5) is 0 Å². The van der Waals surface area contributed by atoms with Crippen LogP contribution in [0.5, 0.6) is 0 Å². The highest BCUT2D eigenvalue weighted by molar-refractivity contribution is 8.00. The summed E-state index contributed by atoms with van der Waals surface area (Å²) >= 11 is 1.26. The van der Waals surface area contributed by atoms with Gasteiger partial charge in [0, 0.05) is 0 Å². The van der Waals surface area contributed by atoms with E-state index >= 15 is 0 Å². The third kappa shape index (κ3) is 3.78. The maximum absolute atomic E-state index is 12.7. The van der Waals surface area contributed by atoms with Crippen LogP contribution in [0.2, 0.25) is 0 Å². The van der Waals surface area contributed by atoms with E-state index in [2.05, 4.69) is 33.7 Å². The summed E-state index contributed by atoms with van der Waals surface area (Å²) in [7, 11) is 0. The first-order valence-corrected chi connectivity index (χ1v) is 9.92. The molecule has 0 fully saturated rings. The Morgan fingerprint density at radius 1 is 1.30 bits per heavy atom. The lowest BCUT2D eigenvalue weighted by Crippen LogP contribution is -2.35. The fourth-order valence-corrected chi connectivity index (χ4v) is 4.06. The van der Waals surface area contributed by atoms with Crippen molar-refractivity contribution in [1.29, 1.82) is 0 Å². The molecule has 1 aliphatic rings. The molecule has 2 aromatic heterocycles. The summed E-state index contributed by atoms with van der Waals surface area (Å²) in [5.74, 6) is 1.09. The predicted molar refractivity (Wildman–Crippen MR) is 102 cm³/mol. The fraction of sp³-hybridized carbons (Fsp3) is 0.350. The van der Waals surface area contributed by atoms with Gasteiger partial charge < -0.3 is 14.2 Å². The summed E-state index contributed by atoms with van der Waals surface area (Å²) < 4.78 is 10.9. The van der Waals surface area contributed by atoms with E-state index < -0.39 is 0 Å². The molecule has 1 aliphatic carbocycles. The summed E-state index contributed by atoms with van der Waals surface area (Å²) in [5, 5.41) is 11.3. The summed E-state index contributed by atoms with van der Waals surface area (Å²) in [6.07, 6.45) is 4.70.